The van der Waals surface area contributed by atoms with Gasteiger partial charge in [0.25, 0.3) is 5.56 Å². The Balaban J connectivity index is 1.82. The first-order valence-corrected chi connectivity index (χ1v) is 9.54. The summed E-state index contributed by atoms with van der Waals surface area (Å²) in [5, 5.41) is 0.0407. The van der Waals surface area contributed by atoms with Crippen molar-refractivity contribution in [2.24, 2.45) is 0 Å². The van der Waals surface area contributed by atoms with Gasteiger partial charge in [-0.05, 0) is 0 Å². The number of rotatable bonds is 4. The van der Waals surface area contributed by atoms with Crippen LogP contribution in [-0.2, 0) is 5.75 Å². The van der Waals surface area contributed by atoms with Crippen molar-refractivity contribution in [1.29, 1.82) is 0 Å². The van der Waals surface area contributed by atoms with Crippen molar-refractivity contribution >= 4 is 33.4 Å². The molecule has 3 heterocycles. The highest BCUT2D eigenvalue weighted by Gasteiger charge is 2.18. The van der Waals surface area contributed by atoms with Crippen LogP contribution < -0.4 is 5.56 Å². The molecule has 0 saturated heterocycles. The van der Waals surface area contributed by atoms with Gasteiger partial charge >= 0.3 is 0 Å². The highest BCUT2D eigenvalue weighted by molar-refractivity contribution is 7.98. The van der Waals surface area contributed by atoms with Gasteiger partial charge in [0.2, 0.25) is 0 Å². The highest BCUT2D eigenvalue weighted by atomic mass is 32.2. The average molecular weight is 424 g/mol. The lowest BCUT2D eigenvalue weighted by Gasteiger charge is -2.12. The Hall–Kier alpha value is -2.79. The topological polar surface area (TPSA) is 60.7 Å². The van der Waals surface area contributed by atoms with Gasteiger partial charge in [-0.15, -0.1) is 11.3 Å². The number of nitrogens with zero attached hydrogens (tertiary/aromatic N) is 4. The minimum Gasteiger partial charge on any atom is -0.267 e. The normalized spacial score (nSPS) is 11.3. The molecule has 0 fully saturated rings. The van der Waals surface area contributed by atoms with Gasteiger partial charge in [-0.3, -0.25) is 14.3 Å². The average Bonchev–Trinajstić information content (AvgIpc) is 3.10. The van der Waals surface area contributed by atoms with E-state index in [1.807, 2.05) is 0 Å². The number of pyridine rings is 1. The third-order valence-electron chi connectivity index (χ3n) is 3.74. The third-order valence-corrected chi connectivity index (χ3v) is 5.51. The van der Waals surface area contributed by atoms with Crippen LogP contribution in [0.25, 0.3) is 16.0 Å². The second-order valence-electron chi connectivity index (χ2n) is 5.54. The minimum absolute atomic E-state index is 0.0407. The molecular formula is C17H8F4N4OS2. The van der Waals surface area contributed by atoms with Crippen LogP contribution in [0.5, 0.6) is 0 Å². The van der Waals surface area contributed by atoms with Crippen LogP contribution >= 0.6 is 23.1 Å². The zero-order chi connectivity index (χ0) is 19.8. The van der Waals surface area contributed by atoms with Crippen LogP contribution in [0.4, 0.5) is 17.6 Å². The third kappa shape index (κ3) is 3.38. The molecule has 0 unspecified atom stereocenters. The zero-order valence-electron chi connectivity index (χ0n) is 13.7. The van der Waals surface area contributed by atoms with Gasteiger partial charge in [-0.2, -0.15) is 0 Å². The molecule has 11 heteroatoms. The number of thioether (sulfide) groups is 1. The Bertz CT molecular complexity index is 1230. The molecule has 0 bridgehead atoms. The van der Waals surface area contributed by atoms with Crippen molar-refractivity contribution in [2.75, 3.05) is 0 Å². The molecule has 1 aromatic carbocycles. The van der Waals surface area contributed by atoms with E-state index in [1.54, 1.807) is 0 Å². The summed E-state index contributed by atoms with van der Waals surface area (Å²) in [6.45, 7) is 0. The number of benzene rings is 1. The Morgan fingerprint density at radius 3 is 2.50 bits per heavy atom. The fourth-order valence-electron chi connectivity index (χ4n) is 2.49. The maximum Gasteiger partial charge on any atom is 0.278 e. The summed E-state index contributed by atoms with van der Waals surface area (Å²) >= 11 is 1.90. The van der Waals surface area contributed by atoms with E-state index in [0.717, 1.165) is 39.9 Å². The van der Waals surface area contributed by atoms with Crippen molar-refractivity contribution in [3.8, 4) is 5.69 Å². The fourth-order valence-corrected chi connectivity index (χ4v) is 4.16. The van der Waals surface area contributed by atoms with Crippen molar-refractivity contribution in [3.63, 3.8) is 0 Å². The first kappa shape index (κ1) is 18.6. The molecule has 28 heavy (non-hydrogen) atoms. The minimum atomic E-state index is -1.05. The van der Waals surface area contributed by atoms with Gasteiger partial charge in [0.1, 0.15) is 28.0 Å². The van der Waals surface area contributed by atoms with Crippen LogP contribution in [-0.4, -0.2) is 19.5 Å². The van der Waals surface area contributed by atoms with Gasteiger partial charge in [0.05, 0.1) is 23.6 Å². The zero-order valence-corrected chi connectivity index (χ0v) is 15.3. The van der Waals surface area contributed by atoms with Gasteiger partial charge in [-0.25, -0.2) is 27.5 Å². The molecule has 0 atom stereocenters. The van der Waals surface area contributed by atoms with E-state index >= 15 is 0 Å². The lowest BCUT2D eigenvalue weighted by molar-refractivity contribution is 0.531. The molecule has 0 aliphatic heterocycles. The van der Waals surface area contributed by atoms with Gasteiger partial charge in [0, 0.05) is 29.5 Å². The Labute approximate surface area is 162 Å². The predicted octanol–water partition coefficient (Wildman–Crippen LogP) is 4.09. The number of hydrogen-bond donors (Lipinski definition) is 0. The summed E-state index contributed by atoms with van der Waals surface area (Å²) < 4.78 is 55.9. The molecule has 0 radical (unpaired) electrons. The van der Waals surface area contributed by atoms with E-state index < -0.39 is 28.8 Å². The second kappa shape index (κ2) is 7.32. The number of halogens is 4. The van der Waals surface area contributed by atoms with Crippen LogP contribution in [0.3, 0.4) is 0 Å². The van der Waals surface area contributed by atoms with E-state index in [4.69, 9.17) is 0 Å². The molecule has 0 N–H and O–H groups in total. The monoisotopic (exact) mass is 424 g/mol. The number of fused-ring (bicyclic) bond motifs is 1. The molecule has 3 aromatic heterocycles. The van der Waals surface area contributed by atoms with E-state index in [0.29, 0.717) is 12.1 Å². The van der Waals surface area contributed by atoms with Gasteiger partial charge in [0.15, 0.2) is 10.8 Å². The van der Waals surface area contributed by atoms with Crippen LogP contribution in [0.15, 0.2) is 46.1 Å². The number of hydrogen-bond acceptors (Lipinski definition) is 6. The smallest absolute Gasteiger partial charge is 0.267 e. The Morgan fingerprint density at radius 2 is 1.79 bits per heavy atom. The van der Waals surface area contributed by atoms with Crippen LogP contribution in [0.1, 0.15) is 5.56 Å². The van der Waals surface area contributed by atoms with Crippen molar-refractivity contribution in [1.82, 2.24) is 19.5 Å². The Kier molecular flexibility index (Phi) is 4.85. The van der Waals surface area contributed by atoms with Crippen LogP contribution in [0, 0.1) is 23.3 Å². The number of thiazole rings is 1. The quantitative estimate of drug-likeness (QED) is 0.281. The summed E-state index contributed by atoms with van der Waals surface area (Å²) in [6.07, 6.45) is 2.24. The lowest BCUT2D eigenvalue weighted by Crippen LogP contribution is -2.21. The van der Waals surface area contributed by atoms with Crippen molar-refractivity contribution in [2.45, 2.75) is 10.9 Å². The maximum absolute atomic E-state index is 13.9. The summed E-state index contributed by atoms with van der Waals surface area (Å²) in [5.41, 5.74) is 0.819. The highest BCUT2D eigenvalue weighted by Crippen LogP contribution is 2.27. The predicted molar refractivity (Wildman–Crippen MR) is 96.6 cm³/mol. The molecule has 0 aliphatic carbocycles. The van der Waals surface area contributed by atoms with E-state index in [1.165, 1.54) is 11.7 Å². The molecule has 4 rings (SSSR count). The standard InChI is InChI=1S/C17H8F4N4OS2/c18-8-2-12(20)11(13(21)3-8)6-27-17-24-15-14(28-7-23-15)16(26)25(17)10-1-9(19)4-22-5-10/h1-5,7H,6H2. The second-order valence-corrected chi connectivity index (χ2v) is 7.34. The first-order valence-electron chi connectivity index (χ1n) is 7.67. The Morgan fingerprint density at radius 1 is 1.04 bits per heavy atom. The summed E-state index contributed by atoms with van der Waals surface area (Å²) in [5.74, 6) is -4.08. The fraction of sp³-hybridized carbons (Fsp3) is 0.0588. The van der Waals surface area contributed by atoms with E-state index in [-0.39, 0.29) is 32.5 Å². The number of aromatic nitrogens is 4. The summed E-state index contributed by atoms with van der Waals surface area (Å²) in [6, 6.07) is 2.23. The molecule has 0 amide bonds. The van der Waals surface area contributed by atoms with Gasteiger partial charge in [-0.1, -0.05) is 11.8 Å². The van der Waals surface area contributed by atoms with Gasteiger partial charge < -0.3 is 0 Å². The SMILES string of the molecule is O=c1c2scnc2nc(SCc2c(F)cc(F)cc2F)n1-c1cncc(F)c1. The molecule has 0 spiro atoms. The molecular weight excluding hydrogens is 416 g/mol. The molecule has 142 valence electrons. The lowest BCUT2D eigenvalue weighted by atomic mass is 10.2. The van der Waals surface area contributed by atoms with E-state index in [9.17, 15) is 22.4 Å². The molecule has 0 saturated carbocycles. The summed E-state index contributed by atoms with van der Waals surface area (Å²) in [4.78, 5) is 24.8. The van der Waals surface area contributed by atoms with Crippen molar-refractivity contribution < 1.29 is 17.6 Å². The van der Waals surface area contributed by atoms with Crippen molar-refractivity contribution in [3.05, 3.63) is 75.3 Å². The summed E-state index contributed by atoms with van der Waals surface area (Å²) in [7, 11) is 0. The molecule has 0 aliphatic rings. The van der Waals surface area contributed by atoms with E-state index in [2.05, 4.69) is 15.0 Å². The largest absolute Gasteiger partial charge is 0.278 e. The maximum atomic E-state index is 13.9. The molecule has 4 aromatic rings. The van der Waals surface area contributed by atoms with Crippen LogP contribution in [0.2, 0.25) is 0 Å². The first-order chi connectivity index (χ1) is 13.4. The molecule has 5 nitrogen and oxygen atoms in total.